The number of piperazine rings is 1. The maximum atomic E-state index is 13.1. The van der Waals surface area contributed by atoms with Crippen LogP contribution < -0.4 is 14.2 Å². The van der Waals surface area contributed by atoms with Crippen molar-refractivity contribution in [2.75, 3.05) is 46.5 Å². The number of carbonyl (C=O) groups excluding carboxylic acids is 2. The number of ether oxygens (including phenoxy) is 3. The number of fused-ring (bicyclic) bond motifs is 1. The van der Waals surface area contributed by atoms with E-state index in [1.54, 1.807) is 12.0 Å². The third kappa shape index (κ3) is 4.43. The van der Waals surface area contributed by atoms with Crippen molar-refractivity contribution in [3.63, 3.8) is 0 Å². The summed E-state index contributed by atoms with van der Waals surface area (Å²) >= 11 is 0. The number of amides is 2. The standard InChI is InChI=1S/C22H23N3O7/c1-30-16-4-2-3-15(11-16)12-21(26)23-5-7-24(8-6-23)22(27)17-13-19-20(32-10-9-31-19)14-18(17)25(28)29/h2-4,11,13-14H,5-10,12H2,1H3. The van der Waals surface area contributed by atoms with E-state index in [9.17, 15) is 19.7 Å². The fraction of sp³-hybridized carbons (Fsp3) is 0.364. The SMILES string of the molecule is COc1cccc(CC(=O)N2CCN(C(=O)c3cc4c(cc3[N+](=O)[O-])OCCO4)CC2)c1. The maximum Gasteiger partial charge on any atom is 0.286 e. The highest BCUT2D eigenvalue weighted by Gasteiger charge is 2.31. The predicted molar refractivity (Wildman–Crippen MR) is 113 cm³/mol. The van der Waals surface area contributed by atoms with E-state index in [-0.39, 0.29) is 42.4 Å². The molecule has 0 bridgehead atoms. The molecule has 0 aliphatic carbocycles. The number of carbonyl (C=O) groups is 2. The summed E-state index contributed by atoms with van der Waals surface area (Å²) in [7, 11) is 1.57. The molecule has 32 heavy (non-hydrogen) atoms. The van der Waals surface area contributed by atoms with Gasteiger partial charge < -0.3 is 24.0 Å². The second-order valence-corrected chi connectivity index (χ2v) is 7.47. The topological polar surface area (TPSA) is 111 Å². The van der Waals surface area contributed by atoms with Crippen molar-refractivity contribution in [2.24, 2.45) is 0 Å². The van der Waals surface area contributed by atoms with Crippen LogP contribution in [0.1, 0.15) is 15.9 Å². The fourth-order valence-corrected chi connectivity index (χ4v) is 3.80. The van der Waals surface area contributed by atoms with E-state index in [2.05, 4.69) is 0 Å². The molecular formula is C22H23N3O7. The molecule has 1 fully saturated rings. The quantitative estimate of drug-likeness (QED) is 0.515. The fourth-order valence-electron chi connectivity index (χ4n) is 3.80. The molecule has 2 amide bonds. The minimum atomic E-state index is -0.598. The van der Waals surface area contributed by atoms with Crippen LogP contribution >= 0.6 is 0 Å². The maximum absolute atomic E-state index is 13.1. The second kappa shape index (κ2) is 9.13. The molecule has 0 N–H and O–H groups in total. The Kier molecular flexibility index (Phi) is 6.11. The van der Waals surface area contributed by atoms with E-state index in [1.807, 2.05) is 24.3 Å². The first-order valence-electron chi connectivity index (χ1n) is 10.2. The molecule has 2 aromatic rings. The van der Waals surface area contributed by atoms with Crippen LogP contribution in [0.4, 0.5) is 5.69 Å². The Hall–Kier alpha value is -3.82. The van der Waals surface area contributed by atoms with Crippen LogP contribution in [0.2, 0.25) is 0 Å². The van der Waals surface area contributed by atoms with E-state index < -0.39 is 10.8 Å². The van der Waals surface area contributed by atoms with Gasteiger partial charge in [0.2, 0.25) is 5.91 Å². The molecule has 10 heteroatoms. The molecule has 2 aliphatic rings. The summed E-state index contributed by atoms with van der Waals surface area (Å²) in [6, 6.07) is 9.93. The van der Waals surface area contributed by atoms with Gasteiger partial charge >= 0.3 is 0 Å². The Balaban J connectivity index is 1.42. The number of benzene rings is 2. The van der Waals surface area contributed by atoms with Crippen LogP contribution in [-0.2, 0) is 11.2 Å². The van der Waals surface area contributed by atoms with Gasteiger partial charge in [-0.05, 0) is 17.7 Å². The Morgan fingerprint density at radius 1 is 1.03 bits per heavy atom. The molecule has 0 atom stereocenters. The molecule has 168 valence electrons. The van der Waals surface area contributed by atoms with Crippen molar-refractivity contribution < 1.29 is 28.7 Å². The largest absolute Gasteiger partial charge is 0.497 e. The van der Waals surface area contributed by atoms with Crippen molar-refractivity contribution in [1.29, 1.82) is 0 Å². The predicted octanol–water partition coefficient (Wildman–Crippen LogP) is 1.90. The second-order valence-electron chi connectivity index (χ2n) is 7.47. The third-order valence-corrected chi connectivity index (χ3v) is 5.50. The molecule has 4 rings (SSSR count). The Morgan fingerprint density at radius 3 is 2.34 bits per heavy atom. The number of nitrogens with zero attached hydrogens (tertiary/aromatic N) is 3. The van der Waals surface area contributed by atoms with E-state index in [0.717, 1.165) is 5.56 Å². The molecule has 0 radical (unpaired) electrons. The zero-order chi connectivity index (χ0) is 22.7. The highest BCUT2D eigenvalue weighted by molar-refractivity contribution is 5.99. The first-order valence-corrected chi connectivity index (χ1v) is 10.2. The summed E-state index contributed by atoms with van der Waals surface area (Å²) in [6.45, 7) is 1.89. The lowest BCUT2D eigenvalue weighted by atomic mass is 10.1. The minimum Gasteiger partial charge on any atom is -0.497 e. The van der Waals surface area contributed by atoms with Crippen molar-refractivity contribution in [3.05, 3.63) is 57.6 Å². The molecule has 0 unspecified atom stereocenters. The summed E-state index contributed by atoms with van der Waals surface area (Å²) in [5.41, 5.74) is 0.478. The lowest BCUT2D eigenvalue weighted by Crippen LogP contribution is -2.51. The van der Waals surface area contributed by atoms with Gasteiger partial charge in [0, 0.05) is 32.2 Å². The highest BCUT2D eigenvalue weighted by Crippen LogP contribution is 2.37. The summed E-state index contributed by atoms with van der Waals surface area (Å²) in [5, 5.41) is 11.5. The van der Waals surface area contributed by atoms with Crippen LogP contribution in [0.3, 0.4) is 0 Å². The van der Waals surface area contributed by atoms with Gasteiger partial charge in [-0.1, -0.05) is 12.1 Å². The first kappa shape index (κ1) is 21.4. The van der Waals surface area contributed by atoms with Gasteiger partial charge in [-0.15, -0.1) is 0 Å². The number of rotatable bonds is 5. The lowest BCUT2D eigenvalue weighted by Gasteiger charge is -2.35. The van der Waals surface area contributed by atoms with Gasteiger partial charge in [-0.2, -0.15) is 0 Å². The molecule has 0 spiro atoms. The monoisotopic (exact) mass is 441 g/mol. The highest BCUT2D eigenvalue weighted by atomic mass is 16.6. The third-order valence-electron chi connectivity index (χ3n) is 5.50. The number of nitro benzene ring substituents is 1. The molecule has 2 aromatic carbocycles. The van der Waals surface area contributed by atoms with Crippen LogP contribution in [-0.4, -0.2) is 73.0 Å². The molecule has 2 aliphatic heterocycles. The van der Waals surface area contributed by atoms with Gasteiger partial charge in [0.25, 0.3) is 11.6 Å². The summed E-state index contributed by atoms with van der Waals surface area (Å²) < 4.78 is 16.1. The van der Waals surface area contributed by atoms with Gasteiger partial charge in [0.1, 0.15) is 24.5 Å². The first-order chi connectivity index (χ1) is 15.5. The van der Waals surface area contributed by atoms with E-state index in [0.29, 0.717) is 37.8 Å². The number of hydrogen-bond acceptors (Lipinski definition) is 7. The average molecular weight is 441 g/mol. The number of hydrogen-bond donors (Lipinski definition) is 0. The van der Waals surface area contributed by atoms with Gasteiger partial charge in [0.15, 0.2) is 11.5 Å². The van der Waals surface area contributed by atoms with Crippen LogP contribution in [0.25, 0.3) is 0 Å². The molecule has 2 heterocycles. The van der Waals surface area contributed by atoms with E-state index in [1.165, 1.54) is 17.0 Å². The Bertz CT molecular complexity index is 1050. The zero-order valence-corrected chi connectivity index (χ0v) is 17.6. The average Bonchev–Trinajstić information content (AvgIpc) is 2.82. The van der Waals surface area contributed by atoms with Crippen molar-refractivity contribution in [1.82, 2.24) is 9.80 Å². The van der Waals surface area contributed by atoms with Gasteiger partial charge in [-0.25, -0.2) is 0 Å². The summed E-state index contributed by atoms with van der Waals surface area (Å²) in [4.78, 5) is 39.9. The minimum absolute atomic E-state index is 0.0457. The molecule has 0 aromatic heterocycles. The summed E-state index contributed by atoms with van der Waals surface area (Å²) in [6.07, 6.45) is 0.235. The van der Waals surface area contributed by atoms with Crippen molar-refractivity contribution in [3.8, 4) is 17.2 Å². The normalized spacial score (nSPS) is 15.3. The zero-order valence-electron chi connectivity index (χ0n) is 17.6. The van der Waals surface area contributed by atoms with Crippen LogP contribution in [0, 0.1) is 10.1 Å². The summed E-state index contributed by atoms with van der Waals surface area (Å²) in [5.74, 6) is 0.751. The van der Waals surface area contributed by atoms with Crippen molar-refractivity contribution >= 4 is 17.5 Å². The van der Waals surface area contributed by atoms with Gasteiger partial charge in [-0.3, -0.25) is 19.7 Å². The smallest absolute Gasteiger partial charge is 0.286 e. The molecular weight excluding hydrogens is 418 g/mol. The Morgan fingerprint density at radius 2 is 1.69 bits per heavy atom. The Labute approximate surface area is 184 Å². The molecule has 10 nitrogen and oxygen atoms in total. The van der Waals surface area contributed by atoms with Gasteiger partial charge in [0.05, 0.1) is 24.5 Å². The van der Waals surface area contributed by atoms with Crippen LogP contribution in [0.15, 0.2) is 36.4 Å². The van der Waals surface area contributed by atoms with Crippen molar-refractivity contribution in [2.45, 2.75) is 6.42 Å². The molecule has 1 saturated heterocycles. The number of methoxy groups -OCH3 is 1. The van der Waals surface area contributed by atoms with E-state index in [4.69, 9.17) is 14.2 Å². The lowest BCUT2D eigenvalue weighted by molar-refractivity contribution is -0.385. The van der Waals surface area contributed by atoms with E-state index >= 15 is 0 Å². The van der Waals surface area contributed by atoms with Crippen LogP contribution in [0.5, 0.6) is 17.2 Å². The number of nitro groups is 1. The molecule has 0 saturated carbocycles.